The highest BCUT2D eigenvalue weighted by molar-refractivity contribution is 7.09. The summed E-state index contributed by atoms with van der Waals surface area (Å²) in [7, 11) is 1.60. The molecule has 2 rings (SSSR count). The molecule has 114 valence electrons. The number of hydrogen-bond acceptors (Lipinski definition) is 4. The molecule has 0 aliphatic carbocycles. The summed E-state index contributed by atoms with van der Waals surface area (Å²) in [5.41, 5.74) is 7.27. The lowest BCUT2D eigenvalue weighted by molar-refractivity contribution is 0.400. The van der Waals surface area contributed by atoms with Crippen molar-refractivity contribution < 1.29 is 9.13 Å². The standard InChI is InChI=1S/C16H21FN2OS/c1-16(2,15-19-13(6-7-18)10-21-15)9-11-8-12(17)4-5-14(11)20-3/h4-5,8,10H,6-7,9,18H2,1-3H3. The van der Waals surface area contributed by atoms with Gasteiger partial charge in [-0.15, -0.1) is 11.3 Å². The summed E-state index contributed by atoms with van der Waals surface area (Å²) >= 11 is 1.63. The van der Waals surface area contributed by atoms with Crippen LogP contribution in [0.2, 0.25) is 0 Å². The Hall–Kier alpha value is -1.46. The molecule has 2 N–H and O–H groups in total. The lowest BCUT2D eigenvalue weighted by atomic mass is 9.86. The molecule has 0 fully saturated rings. The first-order valence-electron chi connectivity index (χ1n) is 6.93. The zero-order chi connectivity index (χ0) is 15.5. The van der Waals surface area contributed by atoms with E-state index in [4.69, 9.17) is 10.5 Å². The van der Waals surface area contributed by atoms with E-state index in [-0.39, 0.29) is 11.2 Å². The van der Waals surface area contributed by atoms with Gasteiger partial charge in [0.15, 0.2) is 0 Å². The molecule has 3 nitrogen and oxygen atoms in total. The number of aromatic nitrogens is 1. The number of halogens is 1. The molecule has 0 saturated carbocycles. The number of benzene rings is 1. The van der Waals surface area contributed by atoms with Gasteiger partial charge in [0, 0.05) is 17.2 Å². The van der Waals surface area contributed by atoms with Crippen molar-refractivity contribution >= 4 is 11.3 Å². The molecule has 0 saturated heterocycles. The first-order valence-corrected chi connectivity index (χ1v) is 7.81. The molecular formula is C16H21FN2OS. The van der Waals surface area contributed by atoms with Gasteiger partial charge in [-0.25, -0.2) is 9.37 Å². The molecule has 0 aliphatic heterocycles. The van der Waals surface area contributed by atoms with Crippen molar-refractivity contribution in [3.8, 4) is 5.75 Å². The molecule has 1 aromatic heterocycles. The molecule has 21 heavy (non-hydrogen) atoms. The molecule has 2 aromatic rings. The minimum Gasteiger partial charge on any atom is -0.496 e. The van der Waals surface area contributed by atoms with Gasteiger partial charge in [-0.2, -0.15) is 0 Å². The van der Waals surface area contributed by atoms with Crippen molar-refractivity contribution in [2.75, 3.05) is 13.7 Å². The Bertz CT molecular complexity index is 610. The van der Waals surface area contributed by atoms with Crippen molar-refractivity contribution in [3.05, 3.63) is 45.7 Å². The van der Waals surface area contributed by atoms with Gasteiger partial charge in [-0.3, -0.25) is 0 Å². The predicted molar refractivity (Wildman–Crippen MR) is 84.6 cm³/mol. The van der Waals surface area contributed by atoms with Crippen LogP contribution in [-0.4, -0.2) is 18.6 Å². The van der Waals surface area contributed by atoms with Crippen LogP contribution in [0.4, 0.5) is 4.39 Å². The monoisotopic (exact) mass is 308 g/mol. The van der Waals surface area contributed by atoms with Crippen LogP contribution in [-0.2, 0) is 18.3 Å². The predicted octanol–water partition coefficient (Wildman–Crippen LogP) is 3.31. The van der Waals surface area contributed by atoms with Gasteiger partial charge >= 0.3 is 0 Å². The van der Waals surface area contributed by atoms with Gasteiger partial charge in [0.2, 0.25) is 0 Å². The smallest absolute Gasteiger partial charge is 0.123 e. The highest BCUT2D eigenvalue weighted by atomic mass is 32.1. The molecule has 1 aromatic carbocycles. The Kier molecular flexibility index (Phi) is 4.96. The summed E-state index contributed by atoms with van der Waals surface area (Å²) < 4.78 is 18.8. The first-order chi connectivity index (χ1) is 9.96. The average molecular weight is 308 g/mol. The number of nitrogens with two attached hydrogens (primary N) is 1. The summed E-state index contributed by atoms with van der Waals surface area (Å²) in [6.45, 7) is 4.83. The second kappa shape index (κ2) is 6.54. The SMILES string of the molecule is COc1ccc(F)cc1CC(C)(C)c1nc(CCN)cs1. The molecule has 5 heteroatoms. The number of ether oxygens (including phenoxy) is 1. The van der Waals surface area contributed by atoms with Gasteiger partial charge in [-0.05, 0) is 36.7 Å². The average Bonchev–Trinajstić information content (AvgIpc) is 2.88. The van der Waals surface area contributed by atoms with Crippen LogP contribution in [0.25, 0.3) is 0 Å². The Morgan fingerprint density at radius 2 is 2.14 bits per heavy atom. The molecule has 0 bridgehead atoms. The fourth-order valence-electron chi connectivity index (χ4n) is 2.32. The quantitative estimate of drug-likeness (QED) is 0.890. The van der Waals surface area contributed by atoms with Crippen LogP contribution in [0, 0.1) is 5.82 Å². The Morgan fingerprint density at radius 1 is 1.38 bits per heavy atom. The van der Waals surface area contributed by atoms with Crippen molar-refractivity contribution in [1.82, 2.24) is 4.98 Å². The van der Waals surface area contributed by atoms with E-state index in [1.807, 2.05) is 5.38 Å². The van der Waals surface area contributed by atoms with Crippen LogP contribution < -0.4 is 10.5 Å². The van der Waals surface area contributed by atoms with Crippen LogP contribution in [0.15, 0.2) is 23.6 Å². The maximum atomic E-state index is 13.5. The van der Waals surface area contributed by atoms with E-state index in [0.29, 0.717) is 18.7 Å². The summed E-state index contributed by atoms with van der Waals surface area (Å²) in [6, 6.07) is 4.62. The fraction of sp³-hybridized carbons (Fsp3) is 0.438. The largest absolute Gasteiger partial charge is 0.496 e. The topological polar surface area (TPSA) is 48.1 Å². The van der Waals surface area contributed by atoms with Crippen molar-refractivity contribution in [1.29, 1.82) is 0 Å². The van der Waals surface area contributed by atoms with E-state index in [9.17, 15) is 4.39 Å². The van der Waals surface area contributed by atoms with Crippen LogP contribution in [0.1, 0.15) is 30.1 Å². The van der Waals surface area contributed by atoms with E-state index in [0.717, 1.165) is 22.7 Å². The Morgan fingerprint density at radius 3 is 2.81 bits per heavy atom. The molecule has 1 heterocycles. The highest BCUT2D eigenvalue weighted by Crippen LogP contribution is 2.33. The minimum atomic E-state index is -0.246. The number of hydrogen-bond donors (Lipinski definition) is 1. The summed E-state index contributed by atoms with van der Waals surface area (Å²) in [5.74, 6) is 0.466. The van der Waals surface area contributed by atoms with E-state index in [1.54, 1.807) is 24.5 Å². The maximum Gasteiger partial charge on any atom is 0.123 e. The Balaban J connectivity index is 2.25. The second-order valence-corrected chi connectivity index (χ2v) is 6.56. The maximum absolute atomic E-state index is 13.5. The molecule has 0 unspecified atom stereocenters. The molecule has 0 aliphatic rings. The van der Waals surface area contributed by atoms with Gasteiger partial charge in [0.25, 0.3) is 0 Å². The van der Waals surface area contributed by atoms with Crippen LogP contribution >= 0.6 is 11.3 Å². The fourth-order valence-corrected chi connectivity index (χ4v) is 3.30. The number of rotatable bonds is 6. The summed E-state index contributed by atoms with van der Waals surface area (Å²) in [5, 5.41) is 3.09. The zero-order valence-electron chi connectivity index (χ0n) is 12.6. The van der Waals surface area contributed by atoms with Crippen molar-refractivity contribution in [3.63, 3.8) is 0 Å². The third-order valence-electron chi connectivity index (χ3n) is 3.41. The molecule has 0 spiro atoms. The van der Waals surface area contributed by atoms with Crippen molar-refractivity contribution in [2.24, 2.45) is 5.73 Å². The minimum absolute atomic E-state index is 0.182. The molecular weight excluding hydrogens is 287 g/mol. The number of methoxy groups -OCH3 is 1. The van der Waals surface area contributed by atoms with Crippen molar-refractivity contribution in [2.45, 2.75) is 32.1 Å². The first kappa shape index (κ1) is 15.9. The number of thiazole rings is 1. The number of nitrogens with zero attached hydrogens (tertiary/aromatic N) is 1. The Labute approximate surface area is 129 Å². The van der Waals surface area contributed by atoms with E-state index in [1.165, 1.54) is 12.1 Å². The second-order valence-electron chi connectivity index (χ2n) is 5.70. The third kappa shape index (κ3) is 3.80. The van der Waals surface area contributed by atoms with E-state index < -0.39 is 0 Å². The van der Waals surface area contributed by atoms with E-state index in [2.05, 4.69) is 18.8 Å². The molecule has 0 atom stereocenters. The van der Waals surface area contributed by atoms with Gasteiger partial charge in [-0.1, -0.05) is 13.8 Å². The summed E-state index contributed by atoms with van der Waals surface area (Å²) in [6.07, 6.45) is 1.46. The molecule has 0 radical (unpaired) electrons. The van der Waals surface area contributed by atoms with Crippen LogP contribution in [0.5, 0.6) is 5.75 Å². The van der Waals surface area contributed by atoms with Gasteiger partial charge in [0.05, 0.1) is 17.8 Å². The zero-order valence-corrected chi connectivity index (χ0v) is 13.5. The summed E-state index contributed by atoms with van der Waals surface area (Å²) in [4.78, 5) is 4.65. The van der Waals surface area contributed by atoms with E-state index >= 15 is 0 Å². The molecule has 0 amide bonds. The van der Waals surface area contributed by atoms with Gasteiger partial charge in [0.1, 0.15) is 11.6 Å². The normalized spacial score (nSPS) is 11.7. The van der Waals surface area contributed by atoms with Crippen LogP contribution in [0.3, 0.4) is 0 Å². The lowest BCUT2D eigenvalue weighted by Crippen LogP contribution is -2.21. The lowest BCUT2D eigenvalue weighted by Gasteiger charge is -2.23. The highest BCUT2D eigenvalue weighted by Gasteiger charge is 2.26. The third-order valence-corrected chi connectivity index (χ3v) is 4.66. The van der Waals surface area contributed by atoms with Gasteiger partial charge < -0.3 is 10.5 Å².